The summed E-state index contributed by atoms with van der Waals surface area (Å²) >= 11 is 0. The Hall–Kier alpha value is -5.87. The van der Waals surface area contributed by atoms with Gasteiger partial charge in [0.2, 0.25) is 5.95 Å². The zero-order chi connectivity index (χ0) is 33.7. The molecule has 11 nitrogen and oxygen atoms in total. The maximum absolute atomic E-state index is 13.7. The van der Waals surface area contributed by atoms with E-state index in [9.17, 15) is 23.2 Å². The summed E-state index contributed by atoms with van der Waals surface area (Å²) in [4.78, 5) is 48.6. The van der Waals surface area contributed by atoms with Crippen LogP contribution >= 0.6 is 0 Å². The van der Waals surface area contributed by atoms with Crippen LogP contribution in [-0.4, -0.2) is 67.9 Å². The molecule has 13 heteroatoms. The molecule has 5 rings (SSSR count). The molecular formula is C34H31F2N7O4. The van der Waals surface area contributed by atoms with Crippen LogP contribution < -0.4 is 16.2 Å². The minimum Gasteiger partial charge on any atom is -0.395 e. The molecule has 240 valence electrons. The standard InChI is InChI=1S/C34H31F2N7O4/c1-21-30(33(47)43(42(21)3)20-23-6-12-27(35)28(36)18-23)31(45)37-14-4-5-22-7-13-29-25(17-22)19-38-34(40-29)39-26-10-8-24(9-11-26)32(46)41(2)15-16-44/h6-13,17-19,44H,14-16,20H2,1-3H3,(H,37,45)(H,38,39,40). The smallest absolute Gasteiger partial charge is 0.280 e. The first-order valence-electron chi connectivity index (χ1n) is 14.5. The van der Waals surface area contributed by atoms with E-state index >= 15 is 0 Å². The van der Waals surface area contributed by atoms with Crippen molar-refractivity contribution in [3.05, 3.63) is 117 Å². The number of aliphatic hydroxyl groups excluding tert-OH is 1. The highest BCUT2D eigenvalue weighted by Gasteiger charge is 2.21. The zero-order valence-electron chi connectivity index (χ0n) is 25.8. The van der Waals surface area contributed by atoms with Crippen LogP contribution in [0.4, 0.5) is 20.4 Å². The van der Waals surface area contributed by atoms with Gasteiger partial charge in [-0.1, -0.05) is 17.9 Å². The van der Waals surface area contributed by atoms with Crippen molar-refractivity contribution in [2.24, 2.45) is 7.05 Å². The van der Waals surface area contributed by atoms with Crippen molar-refractivity contribution in [3.63, 3.8) is 0 Å². The number of carbonyl (C=O) groups is 2. The van der Waals surface area contributed by atoms with Crippen molar-refractivity contribution < 1.29 is 23.5 Å². The van der Waals surface area contributed by atoms with Gasteiger partial charge in [-0.05, 0) is 67.1 Å². The first-order chi connectivity index (χ1) is 22.5. The molecule has 5 aromatic rings. The van der Waals surface area contributed by atoms with Gasteiger partial charge >= 0.3 is 0 Å². The predicted octanol–water partition coefficient (Wildman–Crippen LogP) is 3.35. The summed E-state index contributed by atoms with van der Waals surface area (Å²) in [5.74, 6) is 3.45. The topological polar surface area (TPSA) is 134 Å². The van der Waals surface area contributed by atoms with E-state index in [1.807, 2.05) is 6.07 Å². The number of anilines is 2. The molecule has 3 N–H and O–H groups in total. The molecule has 2 heterocycles. The minimum atomic E-state index is -1.02. The Labute approximate surface area is 268 Å². The van der Waals surface area contributed by atoms with Crippen LogP contribution in [0.25, 0.3) is 10.9 Å². The molecule has 0 bridgehead atoms. The molecule has 2 amide bonds. The summed E-state index contributed by atoms with van der Waals surface area (Å²) in [5, 5.41) is 15.6. The molecule has 0 aliphatic heterocycles. The van der Waals surface area contributed by atoms with Gasteiger partial charge in [-0.25, -0.2) is 23.4 Å². The van der Waals surface area contributed by atoms with Gasteiger partial charge < -0.3 is 20.6 Å². The Kier molecular flexibility index (Phi) is 9.72. The molecule has 0 aliphatic rings. The van der Waals surface area contributed by atoms with Gasteiger partial charge in [0.05, 0.1) is 25.2 Å². The van der Waals surface area contributed by atoms with Crippen molar-refractivity contribution in [2.75, 3.05) is 32.1 Å². The summed E-state index contributed by atoms with van der Waals surface area (Å²) in [6.07, 6.45) is 1.66. The summed E-state index contributed by atoms with van der Waals surface area (Å²) in [6, 6.07) is 15.6. The van der Waals surface area contributed by atoms with E-state index in [2.05, 4.69) is 32.4 Å². The Morgan fingerprint density at radius 1 is 1.04 bits per heavy atom. The molecule has 0 aliphatic carbocycles. The number of rotatable bonds is 9. The van der Waals surface area contributed by atoms with Gasteiger partial charge in [0, 0.05) is 54.7 Å². The van der Waals surface area contributed by atoms with Crippen LogP contribution in [0.2, 0.25) is 0 Å². The molecule has 0 spiro atoms. The Morgan fingerprint density at radius 2 is 1.81 bits per heavy atom. The van der Waals surface area contributed by atoms with E-state index in [-0.39, 0.29) is 37.7 Å². The monoisotopic (exact) mass is 639 g/mol. The highest BCUT2D eigenvalue weighted by molar-refractivity contribution is 5.95. The molecule has 0 fully saturated rings. The number of likely N-dealkylation sites (N-methyl/N-ethyl adjacent to an activating group) is 1. The molecule has 0 saturated carbocycles. The third-order valence-electron chi connectivity index (χ3n) is 7.52. The van der Waals surface area contributed by atoms with Crippen LogP contribution in [0.3, 0.4) is 0 Å². The van der Waals surface area contributed by atoms with Gasteiger partial charge in [-0.3, -0.25) is 19.1 Å². The number of halogens is 2. The van der Waals surface area contributed by atoms with E-state index in [1.54, 1.807) is 63.6 Å². The normalized spacial score (nSPS) is 10.8. The van der Waals surface area contributed by atoms with E-state index < -0.39 is 23.1 Å². The van der Waals surface area contributed by atoms with E-state index in [1.165, 1.54) is 20.3 Å². The van der Waals surface area contributed by atoms with Crippen LogP contribution in [0.15, 0.2) is 71.7 Å². The molecule has 0 radical (unpaired) electrons. The lowest BCUT2D eigenvalue weighted by Gasteiger charge is -2.15. The fourth-order valence-electron chi connectivity index (χ4n) is 4.84. The van der Waals surface area contributed by atoms with Gasteiger partial charge in [0.1, 0.15) is 5.56 Å². The maximum atomic E-state index is 13.7. The van der Waals surface area contributed by atoms with E-state index in [0.29, 0.717) is 39.5 Å². The fraction of sp³-hybridized carbons (Fsp3) is 0.206. The van der Waals surface area contributed by atoms with Crippen molar-refractivity contribution in [1.82, 2.24) is 29.5 Å². The van der Waals surface area contributed by atoms with Crippen LogP contribution in [0, 0.1) is 30.4 Å². The number of nitrogens with zero attached hydrogens (tertiary/aromatic N) is 5. The number of amides is 2. The second kappa shape index (κ2) is 14.1. The maximum Gasteiger partial charge on any atom is 0.280 e. The quantitative estimate of drug-likeness (QED) is 0.211. The molecule has 0 unspecified atom stereocenters. The molecule has 0 atom stereocenters. The SMILES string of the molecule is Cc1c(C(=O)NCC#Cc2ccc3nc(Nc4ccc(C(=O)N(C)CCO)cc4)ncc3c2)c(=O)n(Cc2ccc(F)c(F)c2)n1C. The third kappa shape index (κ3) is 7.34. The van der Waals surface area contributed by atoms with Gasteiger partial charge in [0.15, 0.2) is 11.6 Å². The first kappa shape index (κ1) is 32.5. The minimum absolute atomic E-state index is 0.0186. The summed E-state index contributed by atoms with van der Waals surface area (Å²) in [5.41, 5.74) is 2.72. The average Bonchev–Trinajstić information content (AvgIpc) is 3.27. The Bertz CT molecular complexity index is 2100. The number of aliphatic hydroxyl groups is 1. The van der Waals surface area contributed by atoms with E-state index in [0.717, 1.165) is 17.5 Å². The number of aromatic nitrogens is 4. The average molecular weight is 640 g/mol. The van der Waals surface area contributed by atoms with Crippen molar-refractivity contribution in [2.45, 2.75) is 13.5 Å². The van der Waals surface area contributed by atoms with Crippen LogP contribution in [-0.2, 0) is 13.6 Å². The Morgan fingerprint density at radius 3 is 2.53 bits per heavy atom. The van der Waals surface area contributed by atoms with Crippen molar-refractivity contribution in [3.8, 4) is 11.8 Å². The van der Waals surface area contributed by atoms with Gasteiger partial charge in [-0.2, -0.15) is 0 Å². The molecule has 0 saturated heterocycles. The molecule has 3 aromatic carbocycles. The van der Waals surface area contributed by atoms with Crippen molar-refractivity contribution in [1.29, 1.82) is 0 Å². The summed E-state index contributed by atoms with van der Waals surface area (Å²) in [6.45, 7) is 1.71. The number of benzene rings is 3. The number of fused-ring (bicyclic) bond motifs is 1. The zero-order valence-corrected chi connectivity index (χ0v) is 25.8. The predicted molar refractivity (Wildman–Crippen MR) is 172 cm³/mol. The second-order valence-electron chi connectivity index (χ2n) is 10.7. The lowest BCUT2D eigenvalue weighted by Crippen LogP contribution is -2.31. The number of hydrogen-bond donors (Lipinski definition) is 3. The number of hydrogen-bond acceptors (Lipinski definition) is 7. The van der Waals surface area contributed by atoms with Crippen LogP contribution in [0.5, 0.6) is 0 Å². The second-order valence-corrected chi connectivity index (χ2v) is 10.7. The van der Waals surface area contributed by atoms with Gasteiger partial charge in [0.25, 0.3) is 17.4 Å². The first-order valence-corrected chi connectivity index (χ1v) is 14.5. The summed E-state index contributed by atoms with van der Waals surface area (Å²) in [7, 11) is 3.23. The largest absolute Gasteiger partial charge is 0.395 e. The third-order valence-corrected chi connectivity index (χ3v) is 7.52. The lowest BCUT2D eigenvalue weighted by atomic mass is 10.1. The Balaban J connectivity index is 1.20. The molecule has 2 aromatic heterocycles. The van der Waals surface area contributed by atoms with Crippen molar-refractivity contribution >= 4 is 34.4 Å². The van der Waals surface area contributed by atoms with Gasteiger partial charge in [-0.15, -0.1) is 0 Å². The van der Waals surface area contributed by atoms with E-state index in [4.69, 9.17) is 5.11 Å². The van der Waals surface area contributed by atoms with Crippen LogP contribution in [0.1, 0.15) is 37.5 Å². The molecular weight excluding hydrogens is 608 g/mol. The fourth-order valence-corrected chi connectivity index (χ4v) is 4.84. The highest BCUT2D eigenvalue weighted by atomic mass is 19.2. The molecule has 47 heavy (non-hydrogen) atoms. The number of carbonyl (C=O) groups excluding carboxylic acids is 2. The highest BCUT2D eigenvalue weighted by Crippen LogP contribution is 2.19. The number of nitrogens with one attached hydrogen (secondary N) is 2. The summed E-state index contributed by atoms with van der Waals surface area (Å²) < 4.78 is 29.7. The lowest BCUT2D eigenvalue weighted by molar-refractivity contribution is 0.0766.